The molecule has 5 nitrogen and oxygen atoms in total. The monoisotopic (exact) mass is 378 g/mol. The summed E-state index contributed by atoms with van der Waals surface area (Å²) in [5.74, 6) is 0.584. The molecular weight excluding hydrogens is 348 g/mol. The first-order valence-corrected chi connectivity index (χ1v) is 11.5. The van der Waals surface area contributed by atoms with Gasteiger partial charge in [0.15, 0.2) is 9.84 Å². The molecule has 26 heavy (non-hydrogen) atoms. The third kappa shape index (κ3) is 5.07. The van der Waals surface area contributed by atoms with Crippen LogP contribution >= 0.6 is 0 Å². The minimum absolute atomic E-state index is 0.120. The second-order valence-electron chi connectivity index (χ2n) is 7.49. The molecule has 0 radical (unpaired) electrons. The SMILES string of the molecule is O=C(C1CCN(CCS(=O)(=O)c2ccccc2)CC1)N1CCCCCC1. The van der Waals surface area contributed by atoms with Gasteiger partial charge in [-0.2, -0.15) is 0 Å². The second-order valence-corrected chi connectivity index (χ2v) is 9.60. The summed E-state index contributed by atoms with van der Waals surface area (Å²) in [6, 6.07) is 8.65. The van der Waals surface area contributed by atoms with E-state index >= 15 is 0 Å². The number of rotatable bonds is 5. The Hall–Kier alpha value is -1.40. The van der Waals surface area contributed by atoms with Crippen LogP contribution in [0.25, 0.3) is 0 Å². The molecule has 0 aliphatic carbocycles. The molecule has 0 atom stereocenters. The summed E-state index contributed by atoms with van der Waals surface area (Å²) in [6.45, 7) is 3.99. The van der Waals surface area contributed by atoms with Gasteiger partial charge in [-0.1, -0.05) is 31.0 Å². The van der Waals surface area contributed by atoms with Crippen molar-refractivity contribution in [2.75, 3.05) is 38.5 Å². The number of hydrogen-bond acceptors (Lipinski definition) is 4. The van der Waals surface area contributed by atoms with E-state index in [4.69, 9.17) is 0 Å². The van der Waals surface area contributed by atoms with Crippen LogP contribution in [-0.4, -0.2) is 62.6 Å². The van der Waals surface area contributed by atoms with Crippen LogP contribution in [0, 0.1) is 5.92 Å². The Kier molecular flexibility index (Phi) is 6.70. The quantitative estimate of drug-likeness (QED) is 0.790. The molecule has 2 aliphatic heterocycles. The average molecular weight is 379 g/mol. The lowest BCUT2D eigenvalue weighted by molar-refractivity contribution is -0.137. The van der Waals surface area contributed by atoms with Gasteiger partial charge in [0.05, 0.1) is 10.6 Å². The van der Waals surface area contributed by atoms with E-state index in [-0.39, 0.29) is 11.7 Å². The van der Waals surface area contributed by atoms with Gasteiger partial charge in [0.2, 0.25) is 5.91 Å². The molecule has 1 aromatic carbocycles. The lowest BCUT2D eigenvalue weighted by Gasteiger charge is -2.34. The minimum atomic E-state index is -3.23. The van der Waals surface area contributed by atoms with Crippen LogP contribution < -0.4 is 0 Å². The van der Waals surface area contributed by atoms with E-state index in [1.807, 2.05) is 6.07 Å². The van der Waals surface area contributed by atoms with E-state index in [2.05, 4.69) is 9.80 Å². The van der Waals surface area contributed by atoms with Crippen molar-refractivity contribution < 1.29 is 13.2 Å². The molecule has 1 amide bonds. The Morgan fingerprint density at radius 1 is 0.923 bits per heavy atom. The molecule has 144 valence electrons. The number of carbonyl (C=O) groups is 1. The number of amides is 1. The normalized spacial score (nSPS) is 20.7. The molecule has 0 aromatic heterocycles. The van der Waals surface area contributed by atoms with Crippen molar-refractivity contribution in [2.45, 2.75) is 43.4 Å². The van der Waals surface area contributed by atoms with Crippen LogP contribution in [0.5, 0.6) is 0 Å². The van der Waals surface area contributed by atoms with Crippen molar-refractivity contribution in [2.24, 2.45) is 5.92 Å². The zero-order valence-corrected chi connectivity index (χ0v) is 16.3. The van der Waals surface area contributed by atoms with Crippen molar-refractivity contribution in [3.63, 3.8) is 0 Å². The summed E-state index contributed by atoms with van der Waals surface area (Å²) in [6.07, 6.45) is 6.42. The summed E-state index contributed by atoms with van der Waals surface area (Å²) in [4.78, 5) is 17.4. The van der Waals surface area contributed by atoms with Crippen molar-refractivity contribution in [1.82, 2.24) is 9.80 Å². The summed E-state index contributed by atoms with van der Waals surface area (Å²) in [5, 5.41) is 0. The molecule has 3 rings (SSSR count). The van der Waals surface area contributed by atoms with Crippen molar-refractivity contribution in [3.8, 4) is 0 Å². The smallest absolute Gasteiger partial charge is 0.225 e. The maximum Gasteiger partial charge on any atom is 0.225 e. The van der Waals surface area contributed by atoms with E-state index in [0.29, 0.717) is 17.3 Å². The third-order valence-electron chi connectivity index (χ3n) is 5.63. The number of carbonyl (C=O) groups excluding carboxylic acids is 1. The molecule has 2 heterocycles. The molecule has 2 fully saturated rings. The van der Waals surface area contributed by atoms with Gasteiger partial charge in [-0.3, -0.25) is 4.79 Å². The number of nitrogens with zero attached hydrogens (tertiary/aromatic N) is 2. The fourth-order valence-corrected chi connectivity index (χ4v) is 5.25. The Bertz CT molecular complexity index is 674. The third-order valence-corrected chi connectivity index (χ3v) is 7.34. The van der Waals surface area contributed by atoms with Crippen LogP contribution in [0.4, 0.5) is 0 Å². The first kappa shape index (κ1) is 19.4. The topological polar surface area (TPSA) is 57.7 Å². The predicted molar refractivity (Wildman–Crippen MR) is 103 cm³/mol. The molecule has 0 unspecified atom stereocenters. The van der Waals surface area contributed by atoms with E-state index in [1.54, 1.807) is 24.3 Å². The minimum Gasteiger partial charge on any atom is -0.342 e. The molecule has 0 spiro atoms. The van der Waals surface area contributed by atoms with Gasteiger partial charge in [0, 0.05) is 25.6 Å². The van der Waals surface area contributed by atoms with E-state index in [0.717, 1.165) is 51.9 Å². The van der Waals surface area contributed by atoms with Gasteiger partial charge < -0.3 is 9.80 Å². The Morgan fingerprint density at radius 3 is 2.15 bits per heavy atom. The van der Waals surface area contributed by atoms with E-state index < -0.39 is 9.84 Å². The number of piperidine rings is 1. The summed E-state index contributed by atoms with van der Waals surface area (Å²) >= 11 is 0. The molecule has 0 bridgehead atoms. The van der Waals surface area contributed by atoms with Gasteiger partial charge >= 0.3 is 0 Å². The van der Waals surface area contributed by atoms with Crippen molar-refractivity contribution in [1.29, 1.82) is 0 Å². The van der Waals surface area contributed by atoms with Crippen LogP contribution in [0.15, 0.2) is 35.2 Å². The first-order valence-electron chi connectivity index (χ1n) is 9.85. The highest BCUT2D eigenvalue weighted by Gasteiger charge is 2.29. The number of benzene rings is 1. The van der Waals surface area contributed by atoms with Gasteiger partial charge in [-0.15, -0.1) is 0 Å². The van der Waals surface area contributed by atoms with Gasteiger partial charge in [0.1, 0.15) is 0 Å². The van der Waals surface area contributed by atoms with Crippen molar-refractivity contribution >= 4 is 15.7 Å². The number of sulfone groups is 1. The summed E-state index contributed by atoms with van der Waals surface area (Å²) < 4.78 is 24.8. The van der Waals surface area contributed by atoms with Gasteiger partial charge in [-0.25, -0.2) is 8.42 Å². The molecule has 6 heteroatoms. The molecule has 2 aliphatic rings. The Morgan fingerprint density at radius 2 is 1.54 bits per heavy atom. The van der Waals surface area contributed by atoms with E-state index in [9.17, 15) is 13.2 Å². The van der Waals surface area contributed by atoms with Crippen LogP contribution in [0.1, 0.15) is 38.5 Å². The van der Waals surface area contributed by atoms with E-state index in [1.165, 1.54) is 12.8 Å². The number of likely N-dealkylation sites (tertiary alicyclic amines) is 2. The second kappa shape index (κ2) is 9.00. The lowest BCUT2D eigenvalue weighted by Crippen LogP contribution is -2.43. The number of hydrogen-bond donors (Lipinski definition) is 0. The van der Waals surface area contributed by atoms with Crippen molar-refractivity contribution in [3.05, 3.63) is 30.3 Å². The molecule has 0 N–H and O–H groups in total. The Labute approximate surface area is 157 Å². The zero-order valence-electron chi connectivity index (χ0n) is 15.5. The maximum absolute atomic E-state index is 12.7. The zero-order chi connectivity index (χ0) is 18.4. The van der Waals surface area contributed by atoms with Crippen LogP contribution in [0.2, 0.25) is 0 Å². The largest absolute Gasteiger partial charge is 0.342 e. The fraction of sp³-hybridized carbons (Fsp3) is 0.650. The highest BCUT2D eigenvalue weighted by molar-refractivity contribution is 7.91. The lowest BCUT2D eigenvalue weighted by atomic mass is 9.95. The highest BCUT2D eigenvalue weighted by Crippen LogP contribution is 2.22. The summed E-state index contributed by atoms with van der Waals surface area (Å²) in [5.41, 5.74) is 0. The van der Waals surface area contributed by atoms with Crippen LogP contribution in [-0.2, 0) is 14.6 Å². The molecule has 2 saturated heterocycles. The standard InChI is InChI=1S/C20H30N2O3S/c23-20(22-12-6-1-2-7-13-22)18-10-14-21(15-11-18)16-17-26(24,25)19-8-4-3-5-9-19/h3-5,8-9,18H,1-2,6-7,10-17H2. The fourth-order valence-electron chi connectivity index (χ4n) is 3.95. The van der Waals surface area contributed by atoms with Gasteiger partial charge in [0.25, 0.3) is 0 Å². The average Bonchev–Trinajstić information content (AvgIpc) is 2.96. The Balaban J connectivity index is 1.46. The first-order chi connectivity index (χ1) is 12.6. The van der Waals surface area contributed by atoms with Crippen LogP contribution in [0.3, 0.4) is 0 Å². The molecule has 1 aromatic rings. The van der Waals surface area contributed by atoms with Gasteiger partial charge in [-0.05, 0) is 50.9 Å². The molecule has 0 saturated carbocycles. The molecular formula is C20H30N2O3S. The predicted octanol–water partition coefficient (Wildman–Crippen LogP) is 2.57. The highest BCUT2D eigenvalue weighted by atomic mass is 32.2. The summed E-state index contributed by atoms with van der Waals surface area (Å²) in [7, 11) is -3.23. The maximum atomic E-state index is 12.7.